The lowest BCUT2D eigenvalue weighted by Crippen LogP contribution is -2.46. The van der Waals surface area contributed by atoms with Gasteiger partial charge in [0.1, 0.15) is 5.82 Å². The van der Waals surface area contributed by atoms with Crippen LogP contribution >= 0.6 is 12.2 Å². The van der Waals surface area contributed by atoms with E-state index < -0.39 is 0 Å². The van der Waals surface area contributed by atoms with Crippen molar-refractivity contribution in [2.75, 3.05) is 19.8 Å². The van der Waals surface area contributed by atoms with Crippen LogP contribution in [0.5, 0.6) is 0 Å². The molecule has 34 heavy (non-hydrogen) atoms. The highest BCUT2D eigenvalue weighted by molar-refractivity contribution is 7.80. The van der Waals surface area contributed by atoms with E-state index in [1.807, 2.05) is 30.9 Å². The number of benzene rings is 2. The molecule has 4 rings (SSSR count). The van der Waals surface area contributed by atoms with Gasteiger partial charge in [0.15, 0.2) is 5.11 Å². The fraction of sp³-hybridized carbons (Fsp3) is 0.346. The smallest absolute Gasteiger partial charge is 0.258 e. The SMILES string of the molecule is CCOCCCN1C(=S)NC(c2ccc(F)cc2)C(c2nc(-c3ccc(CC)cc3)no2)=C1C. The Labute approximate surface area is 204 Å². The number of hydrogen-bond acceptors (Lipinski definition) is 5. The minimum Gasteiger partial charge on any atom is -0.382 e. The number of halogens is 1. The van der Waals surface area contributed by atoms with Gasteiger partial charge in [-0.25, -0.2) is 4.39 Å². The molecule has 0 spiro atoms. The summed E-state index contributed by atoms with van der Waals surface area (Å²) in [5, 5.41) is 8.24. The monoisotopic (exact) mass is 480 g/mol. The van der Waals surface area contributed by atoms with Crippen LogP contribution in [-0.4, -0.2) is 39.9 Å². The number of thiocarbonyl (C=S) groups is 1. The van der Waals surface area contributed by atoms with E-state index in [4.69, 9.17) is 26.5 Å². The minimum absolute atomic E-state index is 0.294. The summed E-state index contributed by atoms with van der Waals surface area (Å²) < 4.78 is 24.9. The fourth-order valence-electron chi connectivity index (χ4n) is 4.04. The van der Waals surface area contributed by atoms with Gasteiger partial charge in [-0.3, -0.25) is 0 Å². The highest BCUT2D eigenvalue weighted by Gasteiger charge is 2.34. The number of aryl methyl sites for hydroxylation is 1. The Morgan fingerprint density at radius 2 is 1.85 bits per heavy atom. The van der Waals surface area contributed by atoms with Crippen molar-refractivity contribution in [1.29, 1.82) is 0 Å². The van der Waals surface area contributed by atoms with Crippen molar-refractivity contribution in [3.63, 3.8) is 0 Å². The van der Waals surface area contributed by atoms with Gasteiger partial charge in [0.05, 0.1) is 11.6 Å². The lowest BCUT2D eigenvalue weighted by molar-refractivity contribution is 0.141. The molecule has 0 radical (unpaired) electrons. The van der Waals surface area contributed by atoms with Crippen molar-refractivity contribution in [2.24, 2.45) is 0 Å². The second-order valence-corrected chi connectivity index (χ2v) is 8.50. The van der Waals surface area contributed by atoms with Crippen LogP contribution in [0.3, 0.4) is 0 Å². The van der Waals surface area contributed by atoms with Gasteiger partial charge in [-0.15, -0.1) is 0 Å². The van der Waals surface area contributed by atoms with Crippen LogP contribution in [0.1, 0.15) is 50.3 Å². The Bertz CT molecular complexity index is 1160. The lowest BCUT2D eigenvalue weighted by atomic mass is 9.94. The Morgan fingerprint density at radius 1 is 1.12 bits per heavy atom. The average molecular weight is 481 g/mol. The highest BCUT2D eigenvalue weighted by Crippen LogP contribution is 2.37. The predicted octanol–water partition coefficient (Wildman–Crippen LogP) is 5.53. The Hall–Kier alpha value is -3.10. The number of rotatable bonds is 9. The number of aromatic nitrogens is 2. The van der Waals surface area contributed by atoms with E-state index in [1.54, 1.807) is 12.1 Å². The van der Waals surface area contributed by atoms with Gasteiger partial charge in [0.2, 0.25) is 5.82 Å². The van der Waals surface area contributed by atoms with E-state index in [1.165, 1.54) is 17.7 Å². The topological polar surface area (TPSA) is 63.4 Å². The molecule has 0 aliphatic carbocycles. The fourth-order valence-corrected chi connectivity index (χ4v) is 4.39. The van der Waals surface area contributed by atoms with Gasteiger partial charge >= 0.3 is 0 Å². The first kappa shape index (κ1) is 24.0. The molecule has 0 amide bonds. The molecular weight excluding hydrogens is 451 g/mol. The van der Waals surface area contributed by atoms with Gasteiger partial charge in [-0.1, -0.05) is 48.5 Å². The third-order valence-electron chi connectivity index (χ3n) is 5.95. The van der Waals surface area contributed by atoms with Gasteiger partial charge in [0.25, 0.3) is 5.89 Å². The largest absolute Gasteiger partial charge is 0.382 e. The zero-order chi connectivity index (χ0) is 24.1. The quantitative estimate of drug-likeness (QED) is 0.319. The zero-order valence-electron chi connectivity index (χ0n) is 19.7. The maximum absolute atomic E-state index is 13.6. The van der Waals surface area contributed by atoms with Crippen molar-refractivity contribution in [3.05, 3.63) is 77.1 Å². The number of ether oxygens (including phenoxy) is 1. The highest BCUT2D eigenvalue weighted by atomic mass is 32.1. The molecule has 0 bridgehead atoms. The summed E-state index contributed by atoms with van der Waals surface area (Å²) in [5.41, 5.74) is 4.73. The van der Waals surface area contributed by atoms with Crippen molar-refractivity contribution in [1.82, 2.24) is 20.4 Å². The Morgan fingerprint density at radius 3 is 2.53 bits per heavy atom. The first-order valence-electron chi connectivity index (χ1n) is 11.6. The van der Waals surface area contributed by atoms with Crippen molar-refractivity contribution >= 4 is 22.9 Å². The molecule has 1 aliphatic heterocycles. The summed E-state index contributed by atoms with van der Waals surface area (Å²) in [6.07, 6.45) is 1.79. The Kier molecular flexibility index (Phi) is 7.70. The number of hydrogen-bond donors (Lipinski definition) is 1. The molecule has 1 aromatic heterocycles. The van der Waals surface area contributed by atoms with Crippen LogP contribution in [0.15, 0.2) is 58.8 Å². The number of nitrogens with zero attached hydrogens (tertiary/aromatic N) is 3. The number of allylic oxidation sites excluding steroid dienone is 1. The van der Waals surface area contributed by atoms with Crippen LogP contribution in [0.2, 0.25) is 0 Å². The van der Waals surface area contributed by atoms with E-state index in [2.05, 4.69) is 29.5 Å². The molecule has 3 aromatic rings. The van der Waals surface area contributed by atoms with E-state index >= 15 is 0 Å². The maximum Gasteiger partial charge on any atom is 0.258 e. The van der Waals surface area contributed by atoms with Gasteiger partial charge in [-0.2, -0.15) is 4.98 Å². The molecule has 8 heteroatoms. The molecule has 0 saturated heterocycles. The third-order valence-corrected chi connectivity index (χ3v) is 6.29. The third kappa shape index (κ3) is 5.18. The first-order chi connectivity index (χ1) is 16.5. The average Bonchev–Trinajstić information content (AvgIpc) is 3.33. The first-order valence-corrected chi connectivity index (χ1v) is 12.0. The summed E-state index contributed by atoms with van der Waals surface area (Å²) in [6, 6.07) is 14.2. The predicted molar refractivity (Wildman–Crippen MR) is 134 cm³/mol. The summed E-state index contributed by atoms with van der Waals surface area (Å²) in [5.74, 6) is 0.635. The standard InChI is InChI=1S/C26H29FN4O2S/c1-4-18-7-9-20(10-8-18)24-29-25(33-30-24)22-17(3)31(15-6-16-32-5-2)26(34)28-23(22)19-11-13-21(27)14-12-19/h7-14,23H,4-6,15-16H2,1-3H3,(H,28,34). The van der Waals surface area contributed by atoms with E-state index in [-0.39, 0.29) is 11.9 Å². The maximum atomic E-state index is 13.6. The number of nitrogens with one attached hydrogen (secondary N) is 1. The molecule has 178 valence electrons. The molecule has 1 unspecified atom stereocenters. The Balaban J connectivity index is 1.71. The second-order valence-electron chi connectivity index (χ2n) is 8.11. The zero-order valence-corrected chi connectivity index (χ0v) is 20.5. The van der Waals surface area contributed by atoms with Crippen LogP contribution in [0.4, 0.5) is 4.39 Å². The summed E-state index contributed by atoms with van der Waals surface area (Å²) in [7, 11) is 0. The van der Waals surface area contributed by atoms with Crippen LogP contribution in [0, 0.1) is 5.82 Å². The molecular formula is C26H29FN4O2S. The van der Waals surface area contributed by atoms with E-state index in [0.717, 1.165) is 35.2 Å². The molecule has 0 fully saturated rings. The van der Waals surface area contributed by atoms with Crippen molar-refractivity contribution in [3.8, 4) is 11.4 Å². The van der Waals surface area contributed by atoms with E-state index in [9.17, 15) is 4.39 Å². The normalized spacial score (nSPS) is 16.2. The summed E-state index contributed by atoms with van der Waals surface area (Å²) >= 11 is 5.69. The molecule has 1 aliphatic rings. The summed E-state index contributed by atoms with van der Waals surface area (Å²) in [6.45, 7) is 8.12. The van der Waals surface area contributed by atoms with Crippen molar-refractivity contribution < 1.29 is 13.7 Å². The lowest BCUT2D eigenvalue weighted by Gasteiger charge is -2.37. The van der Waals surface area contributed by atoms with Crippen molar-refractivity contribution in [2.45, 2.75) is 39.7 Å². The van der Waals surface area contributed by atoms with Gasteiger partial charge in [-0.05, 0) is 62.2 Å². The van der Waals surface area contributed by atoms with Gasteiger partial charge < -0.3 is 19.5 Å². The molecule has 2 heterocycles. The molecule has 1 N–H and O–H groups in total. The minimum atomic E-state index is -0.341. The molecule has 6 nitrogen and oxygen atoms in total. The molecule has 1 atom stereocenters. The van der Waals surface area contributed by atoms with Crippen LogP contribution in [-0.2, 0) is 11.2 Å². The van der Waals surface area contributed by atoms with Crippen LogP contribution < -0.4 is 5.32 Å². The molecule has 2 aromatic carbocycles. The molecule has 0 saturated carbocycles. The summed E-state index contributed by atoms with van der Waals surface area (Å²) in [4.78, 5) is 6.76. The van der Waals surface area contributed by atoms with E-state index in [0.29, 0.717) is 36.6 Å². The van der Waals surface area contributed by atoms with Gasteiger partial charge in [0, 0.05) is 31.0 Å². The van der Waals surface area contributed by atoms with Crippen LogP contribution in [0.25, 0.3) is 17.0 Å². The second kappa shape index (κ2) is 10.9.